The first kappa shape index (κ1) is 16.8. The molecule has 168 valence electrons. The van der Waals surface area contributed by atoms with E-state index in [2.05, 4.69) is 20.2 Å². The number of carbonyl (C=O) groups is 1. The number of morpholine rings is 1. The van der Waals surface area contributed by atoms with Crippen LogP contribution in [-0.4, -0.2) is 54.1 Å². The summed E-state index contributed by atoms with van der Waals surface area (Å²) in [6.45, 7) is 0.526. The molecule has 2 aliphatic rings. The van der Waals surface area contributed by atoms with Gasteiger partial charge in [0.1, 0.15) is 11.3 Å². The maximum absolute atomic E-state index is 12.1. The first-order valence-corrected chi connectivity index (χ1v) is 10.8. The second-order valence-corrected chi connectivity index (χ2v) is 8.48. The topological polar surface area (TPSA) is 119 Å². The summed E-state index contributed by atoms with van der Waals surface area (Å²) in [6, 6.07) is 7.63. The van der Waals surface area contributed by atoms with Crippen LogP contribution in [0.3, 0.4) is 0 Å². The largest absolute Gasteiger partial charge is 0.436 e. The van der Waals surface area contributed by atoms with Gasteiger partial charge in [-0.2, -0.15) is 0 Å². The highest BCUT2D eigenvalue weighted by Crippen LogP contribution is 2.48. The minimum absolute atomic E-state index is 0.155. The Kier molecular flexibility index (Phi) is 3.79. The molecule has 1 aromatic carbocycles. The number of nitrogens with two attached hydrogens (primary N) is 1. The van der Waals surface area contributed by atoms with E-state index in [-0.39, 0.29) is 5.82 Å². The van der Waals surface area contributed by atoms with Crippen LogP contribution in [0.4, 0.5) is 11.5 Å². The number of nitrogens with one attached hydrogen (secondary N) is 1. The second-order valence-electron chi connectivity index (χ2n) is 8.48. The third-order valence-corrected chi connectivity index (χ3v) is 6.58. The molecule has 1 saturated heterocycles. The SMILES string of the molecule is [2H]C([2H])([2H])Nc1ncc(-c2nc3cc(N4CCOCC4)ccc3o2)c2cc(C3(C(N)=O)CC3)ncc12. The molecule has 0 atom stereocenters. The normalized spacial score (nSPS) is 19.2. The van der Waals surface area contributed by atoms with Gasteiger partial charge in [0.05, 0.1) is 29.9 Å². The van der Waals surface area contributed by atoms with E-state index in [1.807, 2.05) is 18.2 Å². The molecule has 3 aromatic heterocycles. The summed E-state index contributed by atoms with van der Waals surface area (Å²) in [6.07, 6.45) is 4.29. The maximum Gasteiger partial charge on any atom is 0.229 e. The van der Waals surface area contributed by atoms with Crippen LogP contribution < -0.4 is 16.0 Å². The highest BCUT2D eigenvalue weighted by Gasteiger charge is 2.51. The molecule has 1 amide bonds. The van der Waals surface area contributed by atoms with Crippen LogP contribution in [-0.2, 0) is 14.9 Å². The second kappa shape index (κ2) is 7.41. The van der Waals surface area contributed by atoms with E-state index in [0.29, 0.717) is 65.1 Å². The van der Waals surface area contributed by atoms with Gasteiger partial charge in [0.15, 0.2) is 5.58 Å². The maximum atomic E-state index is 12.1. The lowest BCUT2D eigenvalue weighted by molar-refractivity contribution is -0.120. The fourth-order valence-corrected chi connectivity index (χ4v) is 4.47. The van der Waals surface area contributed by atoms with Crippen molar-refractivity contribution in [2.45, 2.75) is 18.3 Å². The lowest BCUT2D eigenvalue weighted by atomic mass is 9.98. The smallest absolute Gasteiger partial charge is 0.229 e. The van der Waals surface area contributed by atoms with Gasteiger partial charge in [0.25, 0.3) is 0 Å². The molecule has 3 N–H and O–H groups in total. The molecule has 4 heterocycles. The Morgan fingerprint density at radius 2 is 2.03 bits per heavy atom. The predicted molar refractivity (Wildman–Crippen MR) is 125 cm³/mol. The van der Waals surface area contributed by atoms with Crippen LogP contribution >= 0.6 is 0 Å². The fraction of sp³-hybridized carbons (Fsp3) is 0.333. The Balaban J connectivity index is 1.48. The molecule has 1 saturated carbocycles. The molecule has 1 aliphatic carbocycles. The number of hydrogen-bond acceptors (Lipinski definition) is 8. The van der Waals surface area contributed by atoms with Gasteiger partial charge in [-0.25, -0.2) is 9.97 Å². The summed E-state index contributed by atoms with van der Waals surface area (Å²) < 4.78 is 34.4. The number of nitrogens with zero attached hydrogens (tertiary/aromatic N) is 4. The molecule has 6 rings (SSSR count). The van der Waals surface area contributed by atoms with Crippen molar-refractivity contribution in [2.75, 3.05) is 43.5 Å². The molecule has 9 heteroatoms. The van der Waals surface area contributed by atoms with Crippen molar-refractivity contribution in [1.29, 1.82) is 0 Å². The molecular weight excluding hydrogens is 420 g/mol. The number of anilines is 2. The predicted octanol–water partition coefficient (Wildman–Crippen LogP) is 2.83. The summed E-state index contributed by atoms with van der Waals surface area (Å²) >= 11 is 0. The molecule has 0 spiro atoms. The Bertz CT molecular complexity index is 1490. The Morgan fingerprint density at radius 3 is 2.79 bits per heavy atom. The first-order chi connectivity index (χ1) is 17.2. The quantitative estimate of drug-likeness (QED) is 0.479. The number of aromatic nitrogens is 3. The molecule has 33 heavy (non-hydrogen) atoms. The van der Waals surface area contributed by atoms with E-state index < -0.39 is 18.3 Å². The molecule has 9 nitrogen and oxygen atoms in total. The number of pyridine rings is 2. The van der Waals surface area contributed by atoms with Crippen LogP contribution in [0.1, 0.15) is 22.6 Å². The fourth-order valence-electron chi connectivity index (χ4n) is 4.47. The van der Waals surface area contributed by atoms with Crippen molar-refractivity contribution in [3.05, 3.63) is 42.4 Å². The van der Waals surface area contributed by atoms with E-state index in [4.69, 9.17) is 24.0 Å². The van der Waals surface area contributed by atoms with E-state index in [0.717, 1.165) is 18.8 Å². The monoisotopic (exact) mass is 447 g/mol. The van der Waals surface area contributed by atoms with Gasteiger partial charge in [-0.3, -0.25) is 9.78 Å². The average Bonchev–Trinajstić information content (AvgIpc) is 3.57. The Labute approximate surface area is 194 Å². The summed E-state index contributed by atoms with van der Waals surface area (Å²) in [5.74, 6) is 0.0638. The number of fused-ring (bicyclic) bond motifs is 2. The third-order valence-electron chi connectivity index (χ3n) is 6.58. The minimum Gasteiger partial charge on any atom is -0.436 e. The van der Waals surface area contributed by atoms with Crippen LogP contribution in [0, 0.1) is 0 Å². The number of ether oxygens (including phenoxy) is 1. The highest BCUT2D eigenvalue weighted by atomic mass is 16.5. The van der Waals surface area contributed by atoms with Crippen molar-refractivity contribution in [1.82, 2.24) is 15.0 Å². The Morgan fingerprint density at radius 1 is 1.18 bits per heavy atom. The Hall–Kier alpha value is -3.72. The standard InChI is InChI=1S/C24H24N6O3/c1-26-21-16-12-27-20(24(4-5-24)23(25)31)11-15(16)17(13-28-21)22-29-18-10-14(2-3-19(18)33-22)30-6-8-32-9-7-30/h2-3,10-13H,4-9H2,1H3,(H2,25,31)(H,26,28)/i1D3. The first-order valence-electron chi connectivity index (χ1n) is 12.3. The molecular formula is C24H24N6O3. The zero-order valence-electron chi connectivity index (χ0n) is 20.8. The molecule has 0 bridgehead atoms. The average molecular weight is 448 g/mol. The van der Waals surface area contributed by atoms with Crippen molar-refractivity contribution in [2.24, 2.45) is 5.73 Å². The summed E-state index contributed by atoms with van der Waals surface area (Å²) in [7, 11) is 0. The van der Waals surface area contributed by atoms with Gasteiger partial charge in [0, 0.05) is 53.0 Å². The number of hydrogen-bond donors (Lipinski definition) is 2. The van der Waals surface area contributed by atoms with Gasteiger partial charge >= 0.3 is 0 Å². The van der Waals surface area contributed by atoms with Gasteiger partial charge in [-0.15, -0.1) is 0 Å². The van der Waals surface area contributed by atoms with Crippen LogP contribution in [0.25, 0.3) is 33.3 Å². The summed E-state index contributed by atoms with van der Waals surface area (Å²) in [5.41, 5.74) is 8.32. The molecule has 0 unspecified atom stereocenters. The van der Waals surface area contributed by atoms with E-state index in [1.54, 1.807) is 6.07 Å². The van der Waals surface area contributed by atoms with Gasteiger partial charge < -0.3 is 25.1 Å². The van der Waals surface area contributed by atoms with Crippen LogP contribution in [0.15, 0.2) is 41.1 Å². The molecule has 1 aliphatic heterocycles. The van der Waals surface area contributed by atoms with Crippen molar-refractivity contribution in [3.63, 3.8) is 0 Å². The van der Waals surface area contributed by atoms with Crippen LogP contribution in [0.2, 0.25) is 0 Å². The number of primary amides is 1. The summed E-state index contributed by atoms with van der Waals surface area (Å²) in [4.78, 5) is 27.9. The number of benzene rings is 1. The molecule has 0 radical (unpaired) electrons. The lowest BCUT2D eigenvalue weighted by Gasteiger charge is -2.28. The minimum atomic E-state index is -2.45. The van der Waals surface area contributed by atoms with E-state index >= 15 is 0 Å². The zero-order chi connectivity index (χ0) is 25.1. The van der Waals surface area contributed by atoms with Gasteiger partial charge in [-0.1, -0.05) is 0 Å². The zero-order valence-corrected chi connectivity index (χ0v) is 17.8. The molecule has 4 aromatic rings. The highest BCUT2D eigenvalue weighted by molar-refractivity contribution is 6.02. The van der Waals surface area contributed by atoms with Gasteiger partial charge in [0.2, 0.25) is 11.8 Å². The number of carbonyl (C=O) groups excluding carboxylic acids is 1. The van der Waals surface area contributed by atoms with Crippen molar-refractivity contribution < 1.29 is 18.1 Å². The number of rotatable bonds is 5. The van der Waals surface area contributed by atoms with E-state index in [9.17, 15) is 4.79 Å². The van der Waals surface area contributed by atoms with E-state index in [1.165, 1.54) is 12.4 Å². The van der Waals surface area contributed by atoms with Gasteiger partial charge in [-0.05, 0) is 37.1 Å². The number of amides is 1. The van der Waals surface area contributed by atoms with Crippen molar-refractivity contribution in [3.8, 4) is 11.5 Å². The lowest BCUT2D eigenvalue weighted by Crippen LogP contribution is -2.36. The number of oxazole rings is 1. The summed E-state index contributed by atoms with van der Waals surface area (Å²) in [5, 5.41) is 3.56. The van der Waals surface area contributed by atoms with Crippen molar-refractivity contribution >= 4 is 39.3 Å². The third kappa shape index (κ3) is 3.19. The molecule has 2 fully saturated rings. The van der Waals surface area contributed by atoms with Crippen LogP contribution in [0.5, 0.6) is 0 Å².